The van der Waals surface area contributed by atoms with Gasteiger partial charge in [-0.25, -0.2) is 8.42 Å². The highest BCUT2D eigenvalue weighted by Crippen LogP contribution is 2.19. The van der Waals surface area contributed by atoms with Crippen LogP contribution in [0.25, 0.3) is 0 Å². The summed E-state index contributed by atoms with van der Waals surface area (Å²) in [4.78, 5) is 15.0. The maximum atomic E-state index is 12.4. The van der Waals surface area contributed by atoms with E-state index in [1.807, 2.05) is 18.2 Å². The van der Waals surface area contributed by atoms with Crippen molar-refractivity contribution < 1.29 is 23.1 Å². The molecular weight excluding hydrogens is 390 g/mol. The number of carboxylic acids is 1. The lowest BCUT2D eigenvalue weighted by Gasteiger charge is -2.08. The summed E-state index contributed by atoms with van der Waals surface area (Å²) in [6.07, 6.45) is 7.31. The Hall–Kier alpha value is -2.41. The summed E-state index contributed by atoms with van der Waals surface area (Å²) in [5, 5.41) is 8.59. The Kier molecular flexibility index (Phi) is 9.64. The molecule has 0 radical (unpaired) electrons. The van der Waals surface area contributed by atoms with Gasteiger partial charge in [0.1, 0.15) is 5.75 Å². The van der Waals surface area contributed by atoms with Crippen molar-refractivity contribution in [2.75, 3.05) is 12.4 Å². The molecule has 0 unspecified atom stereocenters. The van der Waals surface area contributed by atoms with Crippen molar-refractivity contribution in [3.8, 4) is 5.75 Å². The summed E-state index contributed by atoms with van der Waals surface area (Å²) in [7, 11) is -3.30. The van der Waals surface area contributed by atoms with Crippen LogP contribution in [-0.2, 0) is 21.1 Å². The topological polar surface area (TPSA) is 93.6 Å². The third kappa shape index (κ3) is 9.09. The fraction of sp³-hybridized carbons (Fsp3) is 0.455. The zero-order chi connectivity index (χ0) is 21.0. The fourth-order valence-corrected chi connectivity index (χ4v) is 4.32. The Morgan fingerprint density at radius 2 is 1.66 bits per heavy atom. The highest BCUT2D eigenvalue weighted by molar-refractivity contribution is 7.91. The van der Waals surface area contributed by atoms with E-state index in [0.29, 0.717) is 30.1 Å². The number of carboxylic acid groups (broad SMARTS) is 1. The highest BCUT2D eigenvalue weighted by Gasteiger charge is 2.14. The van der Waals surface area contributed by atoms with Crippen LogP contribution in [0.2, 0.25) is 0 Å². The van der Waals surface area contributed by atoms with Crippen molar-refractivity contribution in [2.45, 2.75) is 56.3 Å². The van der Waals surface area contributed by atoms with Crippen molar-refractivity contribution in [2.24, 2.45) is 0 Å². The zero-order valence-electron chi connectivity index (χ0n) is 16.6. The molecule has 0 atom stereocenters. The molecule has 0 aliphatic rings. The maximum Gasteiger partial charge on any atom is 0.303 e. The molecule has 0 bridgehead atoms. The van der Waals surface area contributed by atoms with E-state index in [1.54, 1.807) is 30.5 Å². The quantitative estimate of drug-likeness (QED) is 0.459. The van der Waals surface area contributed by atoms with Crippen molar-refractivity contribution in [1.29, 1.82) is 0 Å². The van der Waals surface area contributed by atoms with Crippen LogP contribution < -0.4 is 4.74 Å². The molecule has 29 heavy (non-hydrogen) atoms. The molecule has 0 aliphatic heterocycles. The number of carbonyl (C=O) groups is 1. The summed E-state index contributed by atoms with van der Waals surface area (Å²) < 4.78 is 30.5. The number of nitrogens with zero attached hydrogens (tertiary/aromatic N) is 1. The second kappa shape index (κ2) is 12.2. The van der Waals surface area contributed by atoms with Crippen LogP contribution >= 0.6 is 0 Å². The van der Waals surface area contributed by atoms with E-state index in [-0.39, 0.29) is 12.2 Å². The number of unbranched alkanes of at least 4 members (excludes halogenated alkanes) is 4. The Bertz CT molecular complexity index is 835. The number of sulfone groups is 1. The standard InChI is InChI=1S/C22H29NO5S/c24-22(25)11-4-2-1-3-7-18-29(26,27)21-14-12-20(13-15-21)28-17-8-10-19-9-5-6-16-23-19/h5-6,9,12-16H,1-4,7-8,10-11,17-18H2,(H,24,25). The van der Waals surface area contributed by atoms with E-state index in [1.165, 1.54) is 0 Å². The largest absolute Gasteiger partial charge is 0.494 e. The number of benzene rings is 1. The van der Waals surface area contributed by atoms with Crippen molar-refractivity contribution in [1.82, 2.24) is 4.98 Å². The average Bonchev–Trinajstić information content (AvgIpc) is 2.71. The Morgan fingerprint density at radius 3 is 2.34 bits per heavy atom. The van der Waals surface area contributed by atoms with Crippen LogP contribution in [0.4, 0.5) is 0 Å². The Balaban J connectivity index is 1.67. The number of ether oxygens (including phenoxy) is 1. The molecule has 0 saturated carbocycles. The molecule has 6 nitrogen and oxygen atoms in total. The van der Waals surface area contributed by atoms with Crippen LogP contribution in [0.15, 0.2) is 53.6 Å². The molecule has 1 aromatic heterocycles. The molecule has 158 valence electrons. The first-order chi connectivity index (χ1) is 14.0. The fourth-order valence-electron chi connectivity index (χ4n) is 2.95. The molecule has 2 rings (SSSR count). The van der Waals surface area contributed by atoms with Crippen LogP contribution in [-0.4, -0.2) is 36.8 Å². The van der Waals surface area contributed by atoms with Gasteiger partial charge in [0, 0.05) is 18.3 Å². The number of pyridine rings is 1. The number of hydrogen-bond donors (Lipinski definition) is 1. The molecule has 1 aromatic carbocycles. The molecule has 0 fully saturated rings. The summed E-state index contributed by atoms with van der Waals surface area (Å²) in [5.41, 5.74) is 1.03. The molecule has 1 heterocycles. The first kappa shape index (κ1) is 22.9. The first-order valence-electron chi connectivity index (χ1n) is 10.0. The van der Waals surface area contributed by atoms with Gasteiger partial charge in [-0.05, 0) is 62.1 Å². The Labute approximate surface area is 172 Å². The van der Waals surface area contributed by atoms with Gasteiger partial charge >= 0.3 is 5.97 Å². The summed E-state index contributed by atoms with van der Waals surface area (Å²) in [6, 6.07) is 12.4. The van der Waals surface area contributed by atoms with E-state index >= 15 is 0 Å². The van der Waals surface area contributed by atoms with E-state index < -0.39 is 15.8 Å². The van der Waals surface area contributed by atoms with Crippen molar-refractivity contribution >= 4 is 15.8 Å². The number of aryl methyl sites for hydroxylation is 1. The normalized spacial score (nSPS) is 11.3. The molecule has 2 aromatic rings. The van der Waals surface area contributed by atoms with E-state index in [0.717, 1.165) is 37.8 Å². The van der Waals surface area contributed by atoms with E-state index in [9.17, 15) is 13.2 Å². The lowest BCUT2D eigenvalue weighted by Crippen LogP contribution is -2.07. The van der Waals surface area contributed by atoms with Crippen LogP contribution in [0, 0.1) is 0 Å². The molecular formula is C22H29NO5S. The lowest BCUT2D eigenvalue weighted by molar-refractivity contribution is -0.137. The van der Waals surface area contributed by atoms with Gasteiger partial charge in [0.15, 0.2) is 9.84 Å². The predicted molar refractivity (Wildman–Crippen MR) is 112 cm³/mol. The van der Waals surface area contributed by atoms with Gasteiger partial charge in [-0.1, -0.05) is 25.3 Å². The van der Waals surface area contributed by atoms with E-state index in [2.05, 4.69) is 4.98 Å². The molecule has 7 heteroatoms. The summed E-state index contributed by atoms with van der Waals surface area (Å²) in [5.74, 6) is -0.0208. The summed E-state index contributed by atoms with van der Waals surface area (Å²) in [6.45, 7) is 0.546. The molecule has 1 N–H and O–H groups in total. The predicted octanol–water partition coefficient (Wildman–Crippen LogP) is 4.29. The van der Waals surface area contributed by atoms with Crippen molar-refractivity contribution in [3.05, 3.63) is 54.4 Å². The molecule has 0 aliphatic carbocycles. The third-order valence-corrected chi connectivity index (χ3v) is 6.38. The smallest absolute Gasteiger partial charge is 0.303 e. The number of hydrogen-bond acceptors (Lipinski definition) is 5. The highest BCUT2D eigenvalue weighted by atomic mass is 32.2. The van der Waals surface area contributed by atoms with E-state index in [4.69, 9.17) is 9.84 Å². The van der Waals surface area contributed by atoms with Gasteiger partial charge in [0.05, 0.1) is 17.3 Å². The maximum absolute atomic E-state index is 12.4. The molecule has 0 spiro atoms. The second-order valence-electron chi connectivity index (χ2n) is 6.97. The number of aromatic nitrogens is 1. The van der Waals surface area contributed by atoms with Crippen LogP contribution in [0.1, 0.15) is 50.6 Å². The van der Waals surface area contributed by atoms with Gasteiger partial charge in [-0.15, -0.1) is 0 Å². The van der Waals surface area contributed by atoms with Gasteiger partial charge in [0.25, 0.3) is 0 Å². The van der Waals surface area contributed by atoms with Gasteiger partial charge in [-0.2, -0.15) is 0 Å². The minimum Gasteiger partial charge on any atom is -0.494 e. The third-order valence-electron chi connectivity index (χ3n) is 4.56. The minimum absolute atomic E-state index is 0.107. The monoisotopic (exact) mass is 419 g/mol. The minimum atomic E-state index is -3.30. The van der Waals surface area contributed by atoms with Crippen LogP contribution in [0.3, 0.4) is 0 Å². The lowest BCUT2D eigenvalue weighted by atomic mass is 10.1. The number of aliphatic carboxylic acids is 1. The van der Waals surface area contributed by atoms with Gasteiger partial charge in [0.2, 0.25) is 0 Å². The SMILES string of the molecule is O=C(O)CCCCCCCS(=O)(=O)c1ccc(OCCCc2ccccn2)cc1. The van der Waals surface area contributed by atoms with Gasteiger partial charge < -0.3 is 9.84 Å². The molecule has 0 amide bonds. The van der Waals surface area contributed by atoms with Crippen molar-refractivity contribution in [3.63, 3.8) is 0 Å². The molecule has 0 saturated heterocycles. The first-order valence-corrected chi connectivity index (χ1v) is 11.7. The average molecular weight is 420 g/mol. The Morgan fingerprint density at radius 1 is 0.931 bits per heavy atom. The van der Waals surface area contributed by atoms with Gasteiger partial charge in [-0.3, -0.25) is 9.78 Å². The van der Waals surface area contributed by atoms with Crippen LogP contribution in [0.5, 0.6) is 5.75 Å². The summed E-state index contributed by atoms with van der Waals surface area (Å²) >= 11 is 0. The second-order valence-corrected chi connectivity index (χ2v) is 9.08. The zero-order valence-corrected chi connectivity index (χ0v) is 17.4. The number of rotatable bonds is 14.